The van der Waals surface area contributed by atoms with Crippen LogP contribution in [0.15, 0.2) is 47.3 Å². The molecule has 0 aromatic carbocycles. The Kier molecular flexibility index (Phi) is 21.8. The maximum absolute atomic E-state index is 7.33. The highest BCUT2D eigenvalue weighted by atomic mass is 16.2. The van der Waals surface area contributed by atoms with Gasteiger partial charge in [0.2, 0.25) is 0 Å². The van der Waals surface area contributed by atoms with E-state index in [-0.39, 0.29) is 6.17 Å². The molecular formula is C21H37N3O. The fourth-order valence-electron chi connectivity index (χ4n) is 1.87. The van der Waals surface area contributed by atoms with Crippen molar-refractivity contribution in [2.45, 2.75) is 67.0 Å². The Morgan fingerprint density at radius 2 is 1.72 bits per heavy atom. The van der Waals surface area contributed by atoms with Crippen molar-refractivity contribution in [2.75, 3.05) is 0 Å². The molecule has 0 aromatic rings. The van der Waals surface area contributed by atoms with Crippen molar-refractivity contribution in [3.05, 3.63) is 37.3 Å². The van der Waals surface area contributed by atoms with Crippen molar-refractivity contribution in [2.24, 2.45) is 15.9 Å². The average Bonchev–Trinajstić information content (AvgIpc) is 2.55. The number of aliphatic hydroxyl groups excluding tert-OH is 1. The summed E-state index contributed by atoms with van der Waals surface area (Å²) in [7, 11) is 0. The van der Waals surface area contributed by atoms with Crippen molar-refractivity contribution >= 4 is 11.5 Å². The first-order valence-corrected chi connectivity index (χ1v) is 8.64. The molecule has 0 aliphatic carbocycles. The molecular weight excluding hydrogens is 310 g/mol. The summed E-state index contributed by atoms with van der Waals surface area (Å²) in [6.45, 7) is 19.4. The van der Waals surface area contributed by atoms with E-state index >= 15 is 0 Å². The third-order valence-electron chi connectivity index (χ3n) is 2.70. The van der Waals surface area contributed by atoms with Crippen molar-refractivity contribution in [1.29, 1.82) is 0 Å². The summed E-state index contributed by atoms with van der Waals surface area (Å²) in [5.74, 6) is 1.39. The predicted octanol–water partition coefficient (Wildman–Crippen LogP) is 5.65. The molecule has 0 saturated carbocycles. The Morgan fingerprint density at radius 1 is 1.20 bits per heavy atom. The monoisotopic (exact) mass is 347 g/mol. The number of amidine groups is 1. The predicted molar refractivity (Wildman–Crippen MR) is 114 cm³/mol. The Hall–Kier alpha value is -2.28. The van der Waals surface area contributed by atoms with Crippen LogP contribution in [0, 0.1) is 18.8 Å². The highest BCUT2D eigenvalue weighted by Crippen LogP contribution is 2.04. The van der Waals surface area contributed by atoms with Gasteiger partial charge in [0.1, 0.15) is 12.0 Å². The smallest absolute Gasteiger partial charge is 0.125 e. The van der Waals surface area contributed by atoms with Crippen molar-refractivity contribution < 1.29 is 5.11 Å². The molecule has 1 atom stereocenters. The molecule has 4 heteroatoms. The first-order chi connectivity index (χ1) is 11.8. The van der Waals surface area contributed by atoms with Gasteiger partial charge in [-0.25, -0.2) is 9.98 Å². The molecule has 1 unspecified atom stereocenters. The standard InChI is InChI=1S/C17H31N3.C2H4O.C2H2/c1-8-11-14(6)18-17(10-3)20-15(7)19-16(9-2)12-13(4)5;1-2-3;1-2/h9,12-13,15,19H,2,8,10-11H2,1,3-7H3;2-3H,1H2;1-2H/b16-12+,18-14?,20-17-;;. The molecule has 0 rings (SSSR count). The summed E-state index contributed by atoms with van der Waals surface area (Å²) in [5, 5.41) is 10.7. The zero-order valence-electron chi connectivity index (χ0n) is 16.9. The van der Waals surface area contributed by atoms with Gasteiger partial charge < -0.3 is 10.4 Å². The maximum Gasteiger partial charge on any atom is 0.125 e. The van der Waals surface area contributed by atoms with E-state index in [0.717, 1.165) is 42.8 Å². The zero-order valence-corrected chi connectivity index (χ0v) is 16.9. The van der Waals surface area contributed by atoms with E-state index in [4.69, 9.17) is 5.11 Å². The average molecular weight is 348 g/mol. The quantitative estimate of drug-likeness (QED) is 0.196. The number of aliphatic imine (C=N–C) groups is 2. The van der Waals surface area contributed by atoms with Gasteiger partial charge in [0, 0.05) is 17.8 Å². The molecule has 4 nitrogen and oxygen atoms in total. The van der Waals surface area contributed by atoms with E-state index in [9.17, 15) is 0 Å². The molecule has 0 fully saturated rings. The third-order valence-corrected chi connectivity index (χ3v) is 2.70. The molecule has 0 radical (unpaired) electrons. The lowest BCUT2D eigenvalue weighted by molar-refractivity contribution is 0.476. The van der Waals surface area contributed by atoms with Gasteiger partial charge in [-0.1, -0.05) is 53.3 Å². The van der Waals surface area contributed by atoms with E-state index in [2.05, 4.69) is 82.0 Å². The van der Waals surface area contributed by atoms with Gasteiger partial charge in [-0.05, 0) is 32.3 Å². The molecule has 0 heterocycles. The van der Waals surface area contributed by atoms with Crippen LogP contribution >= 0.6 is 0 Å². The van der Waals surface area contributed by atoms with Gasteiger partial charge in [0.25, 0.3) is 0 Å². The minimum absolute atomic E-state index is 0.00567. The number of allylic oxidation sites excluding steroid dienone is 2. The molecule has 0 bridgehead atoms. The van der Waals surface area contributed by atoms with Gasteiger partial charge in [0.15, 0.2) is 0 Å². The fourth-order valence-corrected chi connectivity index (χ4v) is 1.87. The van der Waals surface area contributed by atoms with Crippen molar-refractivity contribution in [1.82, 2.24) is 5.32 Å². The Bertz CT molecular complexity index is 457. The minimum Gasteiger partial charge on any atom is -0.516 e. The molecule has 0 aromatic heterocycles. The number of nitrogens with one attached hydrogen (secondary N) is 1. The lowest BCUT2D eigenvalue weighted by Crippen LogP contribution is -2.24. The summed E-state index contributed by atoms with van der Waals surface area (Å²) < 4.78 is 0. The molecule has 2 N–H and O–H groups in total. The van der Waals surface area contributed by atoms with Crippen LogP contribution in [-0.4, -0.2) is 22.8 Å². The molecule has 25 heavy (non-hydrogen) atoms. The Morgan fingerprint density at radius 3 is 2.08 bits per heavy atom. The topological polar surface area (TPSA) is 57.0 Å². The number of terminal acetylenes is 1. The van der Waals surface area contributed by atoms with Crippen LogP contribution in [0.5, 0.6) is 0 Å². The lowest BCUT2D eigenvalue weighted by Gasteiger charge is -2.14. The molecule has 0 spiro atoms. The Labute approximate surface area is 155 Å². The molecule has 0 saturated heterocycles. The fraction of sp³-hybridized carbons (Fsp3) is 0.524. The second-order valence-corrected chi connectivity index (χ2v) is 5.57. The third kappa shape index (κ3) is 19.7. The lowest BCUT2D eigenvalue weighted by atomic mass is 10.2. The van der Waals surface area contributed by atoms with Crippen LogP contribution in [0.3, 0.4) is 0 Å². The minimum atomic E-state index is 0.00567. The largest absolute Gasteiger partial charge is 0.516 e. The van der Waals surface area contributed by atoms with E-state index in [1.165, 1.54) is 0 Å². The number of rotatable bonds is 8. The van der Waals surface area contributed by atoms with E-state index in [0.29, 0.717) is 5.92 Å². The van der Waals surface area contributed by atoms with Gasteiger partial charge in [0.05, 0.1) is 6.26 Å². The second kappa shape index (κ2) is 19.8. The molecule has 0 amide bonds. The highest BCUT2D eigenvalue weighted by Gasteiger charge is 2.03. The van der Waals surface area contributed by atoms with E-state index in [1.54, 1.807) is 0 Å². The maximum atomic E-state index is 7.33. The van der Waals surface area contributed by atoms with E-state index in [1.807, 2.05) is 13.0 Å². The van der Waals surface area contributed by atoms with Gasteiger partial charge in [-0.2, -0.15) is 0 Å². The number of hydrogen-bond donors (Lipinski definition) is 2. The summed E-state index contributed by atoms with van der Waals surface area (Å²) in [6.07, 6.45) is 15.7. The number of nitrogens with zero attached hydrogens (tertiary/aromatic N) is 2. The van der Waals surface area contributed by atoms with Crippen LogP contribution in [0.25, 0.3) is 0 Å². The van der Waals surface area contributed by atoms with E-state index < -0.39 is 0 Å². The van der Waals surface area contributed by atoms with Gasteiger partial charge >= 0.3 is 0 Å². The normalized spacial score (nSPS) is 12.9. The van der Waals surface area contributed by atoms with Gasteiger partial charge in [-0.3, -0.25) is 0 Å². The van der Waals surface area contributed by atoms with Crippen LogP contribution in [0.1, 0.15) is 60.8 Å². The molecule has 0 aliphatic heterocycles. The van der Waals surface area contributed by atoms with Crippen LogP contribution < -0.4 is 5.32 Å². The number of hydrogen-bond acceptors (Lipinski definition) is 3. The van der Waals surface area contributed by atoms with Crippen LogP contribution in [0.4, 0.5) is 0 Å². The van der Waals surface area contributed by atoms with Crippen molar-refractivity contribution in [3.63, 3.8) is 0 Å². The van der Waals surface area contributed by atoms with Crippen LogP contribution in [0.2, 0.25) is 0 Å². The Balaban J connectivity index is -0.000000866. The van der Waals surface area contributed by atoms with Gasteiger partial charge in [-0.15, -0.1) is 12.8 Å². The second-order valence-electron chi connectivity index (χ2n) is 5.57. The number of aliphatic hydroxyl groups is 1. The first kappa shape index (κ1) is 27.6. The summed E-state index contributed by atoms with van der Waals surface area (Å²) in [6, 6.07) is 0. The van der Waals surface area contributed by atoms with Crippen molar-refractivity contribution in [3.8, 4) is 12.8 Å². The summed E-state index contributed by atoms with van der Waals surface area (Å²) in [5.41, 5.74) is 2.18. The molecule has 142 valence electrons. The zero-order chi connectivity index (χ0) is 20.3. The SMILES string of the molecule is C#C.C=C/C(=C\C(C)C)NC(C)/N=C(/CC)N=C(C)CCC.C=CO. The van der Waals surface area contributed by atoms with Crippen LogP contribution in [-0.2, 0) is 0 Å². The summed E-state index contributed by atoms with van der Waals surface area (Å²) >= 11 is 0. The molecule has 0 aliphatic rings. The summed E-state index contributed by atoms with van der Waals surface area (Å²) in [4.78, 5) is 9.24. The highest BCUT2D eigenvalue weighted by molar-refractivity contribution is 5.96. The first-order valence-electron chi connectivity index (χ1n) is 8.64.